The first-order valence-corrected chi connectivity index (χ1v) is 4.90. The first kappa shape index (κ1) is 10.7. The first-order chi connectivity index (χ1) is 6.70. The molecule has 0 amide bonds. The highest BCUT2D eigenvalue weighted by atomic mass is 16.6. The van der Waals surface area contributed by atoms with Gasteiger partial charge in [-0.2, -0.15) is 5.10 Å². The third-order valence-corrected chi connectivity index (χ3v) is 2.21. The van der Waals surface area contributed by atoms with Crippen molar-refractivity contribution in [2.75, 3.05) is 13.1 Å². The van der Waals surface area contributed by atoms with Crippen LogP contribution in [-0.2, 0) is 0 Å². The van der Waals surface area contributed by atoms with Crippen molar-refractivity contribution < 1.29 is 4.92 Å². The minimum Gasteiger partial charge on any atom is -0.279 e. The van der Waals surface area contributed by atoms with E-state index in [1.54, 1.807) is 11.2 Å². The maximum absolute atomic E-state index is 10.8. The van der Waals surface area contributed by atoms with Crippen LogP contribution in [0.3, 0.4) is 0 Å². The maximum Gasteiger partial charge on any atom is 0.383 e. The molecule has 14 heavy (non-hydrogen) atoms. The lowest BCUT2D eigenvalue weighted by Gasteiger charge is -2.21. The summed E-state index contributed by atoms with van der Waals surface area (Å²) in [4.78, 5) is 12.1. The largest absolute Gasteiger partial charge is 0.383 e. The van der Waals surface area contributed by atoms with Gasteiger partial charge in [0.05, 0.1) is 4.92 Å². The lowest BCUT2D eigenvalue weighted by Crippen LogP contribution is -2.45. The van der Waals surface area contributed by atoms with E-state index in [9.17, 15) is 10.1 Å². The molecule has 0 aliphatic carbocycles. The van der Waals surface area contributed by atoms with Gasteiger partial charge in [0, 0.05) is 13.1 Å². The fraction of sp³-hybridized carbons (Fsp3) is 0.875. The molecular weight excluding hydrogens is 184 g/mol. The van der Waals surface area contributed by atoms with Crippen LogP contribution >= 0.6 is 0 Å². The zero-order valence-electron chi connectivity index (χ0n) is 8.59. The summed E-state index contributed by atoms with van der Waals surface area (Å²) in [5, 5.41) is 16.3. The Labute approximate surface area is 83.3 Å². The molecule has 1 unspecified atom stereocenters. The van der Waals surface area contributed by atoms with Gasteiger partial charge < -0.3 is 0 Å². The second-order valence-corrected chi connectivity index (χ2v) is 3.21. The molecule has 0 saturated carbocycles. The predicted molar refractivity (Wildman–Crippen MR) is 53.3 cm³/mol. The molecule has 1 heterocycles. The Morgan fingerprint density at radius 3 is 2.79 bits per heavy atom. The number of nitro groups is 1. The monoisotopic (exact) mass is 200 g/mol. The van der Waals surface area contributed by atoms with Crippen LogP contribution in [0.25, 0.3) is 0 Å². The van der Waals surface area contributed by atoms with Gasteiger partial charge >= 0.3 is 6.29 Å². The molecular formula is C8H16N4O2. The van der Waals surface area contributed by atoms with Crippen molar-refractivity contribution in [3.8, 4) is 0 Å². The normalized spacial score (nSPS) is 20.6. The van der Waals surface area contributed by atoms with Gasteiger partial charge in [-0.15, -0.1) is 0 Å². The van der Waals surface area contributed by atoms with E-state index >= 15 is 0 Å². The lowest BCUT2D eigenvalue weighted by molar-refractivity contribution is -0.570. The molecule has 0 spiro atoms. The molecule has 0 saturated heterocycles. The summed E-state index contributed by atoms with van der Waals surface area (Å²) in [5.74, 6) is 0. The van der Waals surface area contributed by atoms with Gasteiger partial charge in [0.15, 0.2) is 0 Å². The molecule has 1 aliphatic rings. The molecule has 0 aromatic heterocycles. The molecule has 0 radical (unpaired) electrons. The Bertz CT molecular complexity index is 231. The van der Waals surface area contributed by atoms with Crippen LogP contribution in [0, 0.1) is 10.1 Å². The van der Waals surface area contributed by atoms with E-state index < -0.39 is 6.29 Å². The second kappa shape index (κ2) is 4.78. The summed E-state index contributed by atoms with van der Waals surface area (Å²) < 4.78 is 0. The number of nitrogens with zero attached hydrogens (tertiary/aromatic N) is 4. The maximum atomic E-state index is 10.8. The molecule has 0 N–H and O–H groups in total. The summed E-state index contributed by atoms with van der Waals surface area (Å²) in [6, 6.07) is 0. The van der Waals surface area contributed by atoms with Crippen LogP contribution in [0.2, 0.25) is 0 Å². The standard InChI is InChI=1S/C8H16N4O2/c1-3-5-6-11-8(12(13)14)10(4-2)7-9-11/h7-8H,3-6H2,1-2H3. The van der Waals surface area contributed by atoms with Crippen molar-refractivity contribution in [3.63, 3.8) is 0 Å². The van der Waals surface area contributed by atoms with Crippen LogP contribution in [-0.4, -0.2) is 40.5 Å². The third-order valence-electron chi connectivity index (χ3n) is 2.21. The molecule has 1 aliphatic heterocycles. The fourth-order valence-electron chi connectivity index (χ4n) is 1.39. The molecule has 0 aromatic carbocycles. The topological polar surface area (TPSA) is 62.0 Å². The van der Waals surface area contributed by atoms with Gasteiger partial charge in [-0.05, 0) is 13.3 Å². The molecule has 1 atom stereocenters. The third kappa shape index (κ3) is 2.12. The molecule has 0 aromatic rings. The summed E-state index contributed by atoms with van der Waals surface area (Å²) in [5.41, 5.74) is 0. The molecule has 0 fully saturated rings. The SMILES string of the molecule is CCCCN1N=CN(CC)C1[N+](=O)[O-]. The number of hydrogen-bond donors (Lipinski definition) is 0. The van der Waals surface area contributed by atoms with E-state index in [4.69, 9.17) is 0 Å². The van der Waals surface area contributed by atoms with Crippen LogP contribution in [0.5, 0.6) is 0 Å². The van der Waals surface area contributed by atoms with Crippen LogP contribution in [0.4, 0.5) is 0 Å². The van der Waals surface area contributed by atoms with E-state index in [1.165, 1.54) is 5.01 Å². The summed E-state index contributed by atoms with van der Waals surface area (Å²) >= 11 is 0. The number of hydrogen-bond acceptors (Lipinski definition) is 5. The minimum atomic E-state index is -0.799. The van der Waals surface area contributed by atoms with Crippen LogP contribution in [0.1, 0.15) is 26.7 Å². The Hall–Kier alpha value is -1.33. The van der Waals surface area contributed by atoms with Gasteiger partial charge in [0.25, 0.3) is 0 Å². The lowest BCUT2D eigenvalue weighted by atomic mass is 10.3. The quantitative estimate of drug-likeness (QED) is 0.489. The van der Waals surface area contributed by atoms with Crippen molar-refractivity contribution >= 4 is 6.34 Å². The van der Waals surface area contributed by atoms with Crippen molar-refractivity contribution in [3.05, 3.63) is 10.1 Å². The summed E-state index contributed by atoms with van der Waals surface area (Å²) in [6.07, 6.45) is 2.69. The van der Waals surface area contributed by atoms with E-state index in [1.807, 2.05) is 6.92 Å². The summed E-state index contributed by atoms with van der Waals surface area (Å²) in [6.45, 7) is 5.19. The van der Waals surface area contributed by atoms with Gasteiger partial charge in [-0.1, -0.05) is 13.3 Å². The molecule has 6 nitrogen and oxygen atoms in total. The predicted octanol–water partition coefficient (Wildman–Crippen LogP) is 0.928. The average molecular weight is 200 g/mol. The highest BCUT2D eigenvalue weighted by Gasteiger charge is 2.36. The molecule has 0 bridgehead atoms. The number of unbranched alkanes of at least 4 members (excludes halogenated alkanes) is 1. The van der Waals surface area contributed by atoms with Crippen molar-refractivity contribution in [1.82, 2.24) is 9.91 Å². The second-order valence-electron chi connectivity index (χ2n) is 3.21. The van der Waals surface area contributed by atoms with Crippen molar-refractivity contribution in [1.29, 1.82) is 0 Å². The Morgan fingerprint density at radius 1 is 1.57 bits per heavy atom. The van der Waals surface area contributed by atoms with E-state index in [-0.39, 0.29) is 4.92 Å². The van der Waals surface area contributed by atoms with Crippen LogP contribution in [0.15, 0.2) is 5.10 Å². The smallest absolute Gasteiger partial charge is 0.279 e. The van der Waals surface area contributed by atoms with Gasteiger partial charge in [0.1, 0.15) is 6.34 Å². The highest BCUT2D eigenvalue weighted by Crippen LogP contribution is 2.13. The number of rotatable bonds is 5. The molecule has 6 heteroatoms. The fourth-order valence-corrected chi connectivity index (χ4v) is 1.39. The molecule has 1 rings (SSSR count). The first-order valence-electron chi connectivity index (χ1n) is 4.90. The Morgan fingerprint density at radius 2 is 2.29 bits per heavy atom. The highest BCUT2D eigenvalue weighted by molar-refractivity contribution is 5.56. The van der Waals surface area contributed by atoms with Gasteiger partial charge in [0.2, 0.25) is 0 Å². The van der Waals surface area contributed by atoms with Crippen molar-refractivity contribution in [2.24, 2.45) is 5.10 Å². The summed E-state index contributed by atoms with van der Waals surface area (Å²) in [7, 11) is 0. The van der Waals surface area contributed by atoms with E-state index in [0.717, 1.165) is 12.8 Å². The minimum absolute atomic E-state index is 0.299. The zero-order valence-corrected chi connectivity index (χ0v) is 8.59. The Balaban J connectivity index is 2.58. The van der Waals surface area contributed by atoms with Crippen molar-refractivity contribution in [2.45, 2.75) is 33.0 Å². The Kier molecular flexibility index (Phi) is 3.67. The molecule has 80 valence electrons. The zero-order chi connectivity index (χ0) is 10.6. The average Bonchev–Trinajstić information content (AvgIpc) is 2.57. The number of hydrazone groups is 1. The van der Waals surface area contributed by atoms with Crippen LogP contribution < -0.4 is 0 Å². The van der Waals surface area contributed by atoms with E-state index in [2.05, 4.69) is 12.0 Å². The van der Waals surface area contributed by atoms with E-state index in [0.29, 0.717) is 13.1 Å². The van der Waals surface area contributed by atoms with Gasteiger partial charge in [-0.3, -0.25) is 15.0 Å². The van der Waals surface area contributed by atoms with Gasteiger partial charge in [-0.25, -0.2) is 5.01 Å².